The van der Waals surface area contributed by atoms with Crippen molar-refractivity contribution in [1.82, 2.24) is 63.6 Å². The Morgan fingerprint density at radius 2 is 1.65 bits per heavy atom. The van der Waals surface area contributed by atoms with E-state index in [4.69, 9.17) is 22.9 Å². The minimum Gasteiger partial charge on any atom is -0.462 e. The fourth-order valence-corrected chi connectivity index (χ4v) is 8.20. The minimum atomic E-state index is -0.496. The van der Waals surface area contributed by atoms with Crippen LogP contribution in [0.4, 0.5) is 34.3 Å². The third-order valence-corrected chi connectivity index (χ3v) is 11.5. The van der Waals surface area contributed by atoms with Crippen LogP contribution in [0.15, 0.2) is 93.4 Å². The van der Waals surface area contributed by atoms with E-state index in [9.17, 15) is 15.3 Å². The minimum absolute atomic E-state index is 0.0955. The Bertz CT molecular complexity index is 4120. The van der Waals surface area contributed by atoms with Crippen molar-refractivity contribution in [1.29, 1.82) is 10.5 Å². The maximum Gasteiger partial charge on any atom is 0.352 e. The molecule has 23 nitrogen and oxygen atoms in total. The summed E-state index contributed by atoms with van der Waals surface area (Å²) in [6.45, 7) is 22.7. The van der Waals surface area contributed by atoms with Gasteiger partial charge in [-0.05, 0) is 67.3 Å². The van der Waals surface area contributed by atoms with Gasteiger partial charge in [0.2, 0.25) is 11.4 Å². The largest absolute Gasteiger partial charge is 0.462 e. The number of ether oxygens (including phenoxy) is 1. The van der Waals surface area contributed by atoms with Crippen molar-refractivity contribution in [3.63, 3.8) is 0 Å². The standard InChI is InChI=1S/C25H17N11.C20H12N10O2S/c1-14(2)23-29-25-22(21(15-6-4-3-5-7-15)20(12-27)36(25)34-23)32-30-17-8-9-18-19(10-17)35-24(33-31-18)16(11-26)13-28-35;1-5-32-20(31)17-14-13(29-33-17)11-8-10(6-7-12(11)25-26-14)24-28-19-16(22-4)15(21-3)18-27-23-9(2)30(18)19/h3-10,13-14H,1-2H3,(H,29,34);6-8,27H,5H2,1-2H3. The molecule has 0 bridgehead atoms. The predicted molar refractivity (Wildman–Crippen MR) is 251 cm³/mol. The van der Waals surface area contributed by atoms with Crippen LogP contribution in [0, 0.1) is 42.7 Å². The molecule has 24 heteroatoms. The fourth-order valence-electron chi connectivity index (χ4n) is 7.48. The monoisotopic (exact) mass is 927 g/mol. The Balaban J connectivity index is 0.000000161. The van der Waals surface area contributed by atoms with Gasteiger partial charge in [0.05, 0.1) is 48.4 Å². The summed E-state index contributed by atoms with van der Waals surface area (Å²) in [7, 11) is 0. The van der Waals surface area contributed by atoms with Crippen molar-refractivity contribution >= 4 is 102 Å². The average Bonchev–Trinajstić information content (AvgIpc) is 4.24. The molecular weight excluding hydrogens is 899 g/mol. The third-order valence-electron chi connectivity index (χ3n) is 10.7. The maximum atomic E-state index is 12.2. The van der Waals surface area contributed by atoms with Gasteiger partial charge < -0.3 is 4.74 Å². The molecular formula is C45H29N21O2S. The number of carbonyl (C=O) groups excluding carboxylic acids is 1. The average molecular weight is 928 g/mol. The highest BCUT2D eigenvalue weighted by molar-refractivity contribution is 7.09. The van der Waals surface area contributed by atoms with Crippen molar-refractivity contribution in [3.05, 3.63) is 124 Å². The summed E-state index contributed by atoms with van der Waals surface area (Å²) in [6.07, 6.45) is 1.45. The number of aryl methyl sites for hydroxylation is 1. The SMILES string of the molecule is CC(C)c1nc2c(N=Nc3ccc4nnc5c(C#N)cnn5c4c3)c(-c3ccccc3)c(C#N)n2[nH]1.[C-]#[N+]c1c([N+]#[C-])c2[nH]nc(C)n2c1N=Nc1ccc2nnc3c(C(=O)OCC)snc3c2c1. The molecule has 11 rings (SSSR count). The second-order valence-electron chi connectivity index (χ2n) is 15.2. The van der Waals surface area contributed by atoms with Gasteiger partial charge in [-0.1, -0.05) is 44.2 Å². The van der Waals surface area contributed by atoms with Gasteiger partial charge in [0.25, 0.3) is 0 Å². The molecule has 2 N–H and O–H groups in total. The first-order chi connectivity index (χ1) is 33.7. The van der Waals surface area contributed by atoms with Gasteiger partial charge >= 0.3 is 5.97 Å². The van der Waals surface area contributed by atoms with Crippen LogP contribution in [0.25, 0.3) is 70.7 Å². The fraction of sp³-hybridized carbons (Fsp3) is 0.133. The van der Waals surface area contributed by atoms with Crippen molar-refractivity contribution in [2.45, 2.75) is 33.6 Å². The lowest BCUT2D eigenvalue weighted by Crippen LogP contribution is -2.03. The van der Waals surface area contributed by atoms with E-state index in [0.717, 1.165) is 22.9 Å². The van der Waals surface area contributed by atoms with E-state index >= 15 is 0 Å². The van der Waals surface area contributed by atoms with E-state index in [1.807, 2.05) is 44.2 Å². The zero-order valence-corrected chi connectivity index (χ0v) is 37.3. The molecule has 332 valence electrons. The molecule has 0 spiro atoms. The molecule has 0 aliphatic heterocycles. The van der Waals surface area contributed by atoms with Crippen LogP contribution in [0.5, 0.6) is 0 Å². The number of benzene rings is 3. The highest BCUT2D eigenvalue weighted by atomic mass is 32.1. The van der Waals surface area contributed by atoms with E-state index in [0.29, 0.717) is 89.6 Å². The number of esters is 1. The van der Waals surface area contributed by atoms with Crippen LogP contribution in [0.1, 0.15) is 59.3 Å². The van der Waals surface area contributed by atoms with Gasteiger partial charge in [-0.15, -0.1) is 30.6 Å². The lowest BCUT2D eigenvalue weighted by molar-refractivity contribution is 0.0534. The number of nitrogens with one attached hydrogen (secondary N) is 2. The number of fused-ring (bicyclic) bond motifs is 8. The summed E-state index contributed by atoms with van der Waals surface area (Å²) >= 11 is 1.000. The second-order valence-corrected chi connectivity index (χ2v) is 16.0. The number of azo groups is 2. The van der Waals surface area contributed by atoms with Gasteiger partial charge in [-0.3, -0.25) is 14.6 Å². The normalized spacial score (nSPS) is 11.6. The molecule has 8 aromatic heterocycles. The molecule has 0 saturated heterocycles. The first-order valence-electron chi connectivity index (χ1n) is 20.7. The molecule has 0 saturated carbocycles. The molecule has 3 aromatic carbocycles. The van der Waals surface area contributed by atoms with E-state index in [1.54, 1.807) is 63.7 Å². The first-order valence-corrected chi connectivity index (χ1v) is 21.5. The van der Waals surface area contributed by atoms with Crippen LogP contribution >= 0.6 is 11.5 Å². The van der Waals surface area contributed by atoms with Crippen LogP contribution in [0.2, 0.25) is 0 Å². The van der Waals surface area contributed by atoms with Crippen molar-refractivity contribution in [2.75, 3.05) is 6.61 Å². The predicted octanol–water partition coefficient (Wildman–Crippen LogP) is 10.4. The Labute approximate surface area is 391 Å². The maximum absolute atomic E-state index is 12.2. The first kappa shape index (κ1) is 42.8. The highest BCUT2D eigenvalue weighted by Gasteiger charge is 2.25. The number of hydrogen-bond donors (Lipinski definition) is 2. The molecule has 11 aromatic rings. The number of rotatable bonds is 8. The highest BCUT2D eigenvalue weighted by Crippen LogP contribution is 2.45. The number of carbonyl (C=O) groups is 1. The second kappa shape index (κ2) is 17.3. The molecule has 0 aliphatic carbocycles. The topological polar surface area (TPSA) is 280 Å². The molecule has 0 radical (unpaired) electrons. The molecule has 0 aliphatic rings. The summed E-state index contributed by atoms with van der Waals surface area (Å²) in [5, 5.41) is 68.5. The number of nitriles is 2. The number of aromatic amines is 2. The van der Waals surface area contributed by atoms with Gasteiger partial charge in [-0.2, -0.15) is 35.3 Å². The Hall–Kier alpha value is -10.2. The van der Waals surface area contributed by atoms with Crippen molar-refractivity contribution < 1.29 is 9.53 Å². The van der Waals surface area contributed by atoms with Gasteiger partial charge in [0, 0.05) is 16.9 Å². The molecule has 69 heavy (non-hydrogen) atoms. The number of nitrogens with zero attached hydrogens (tertiary/aromatic N) is 19. The number of aromatic nitrogens is 13. The van der Waals surface area contributed by atoms with Crippen LogP contribution in [-0.4, -0.2) is 76.2 Å². The Morgan fingerprint density at radius 1 is 0.899 bits per heavy atom. The lowest BCUT2D eigenvalue weighted by Gasteiger charge is -2.03. The van der Waals surface area contributed by atoms with Crippen molar-refractivity contribution in [3.8, 4) is 23.3 Å². The lowest BCUT2D eigenvalue weighted by atomic mass is 10.1. The smallest absolute Gasteiger partial charge is 0.352 e. The van der Waals surface area contributed by atoms with Gasteiger partial charge in [0.15, 0.2) is 27.7 Å². The summed E-state index contributed by atoms with van der Waals surface area (Å²) < 4.78 is 14.2. The van der Waals surface area contributed by atoms with E-state index in [-0.39, 0.29) is 34.6 Å². The molecule has 0 amide bonds. The Kier molecular flexibility index (Phi) is 10.7. The Morgan fingerprint density at radius 3 is 2.39 bits per heavy atom. The molecule has 0 fully saturated rings. The summed E-state index contributed by atoms with van der Waals surface area (Å²) in [5.74, 6) is 1.15. The summed E-state index contributed by atoms with van der Waals surface area (Å²) in [6, 6.07) is 24.4. The van der Waals surface area contributed by atoms with Gasteiger partial charge in [0.1, 0.15) is 57.2 Å². The van der Waals surface area contributed by atoms with E-state index in [2.05, 4.69) is 87.4 Å². The van der Waals surface area contributed by atoms with Crippen LogP contribution in [-0.2, 0) is 4.74 Å². The zero-order valence-electron chi connectivity index (χ0n) is 36.4. The quantitative estimate of drug-likeness (QED) is 0.0817. The van der Waals surface area contributed by atoms with Crippen LogP contribution < -0.4 is 0 Å². The van der Waals surface area contributed by atoms with Crippen LogP contribution in [0.3, 0.4) is 0 Å². The summed E-state index contributed by atoms with van der Waals surface area (Å²) in [5.41, 5.74) is 7.96. The molecule has 0 unspecified atom stereocenters. The number of hydrogen-bond acceptors (Lipinski definition) is 17. The summed E-state index contributed by atoms with van der Waals surface area (Å²) in [4.78, 5) is 24.1. The zero-order chi connectivity index (χ0) is 47.9. The van der Waals surface area contributed by atoms with Crippen molar-refractivity contribution in [2.24, 2.45) is 20.5 Å². The van der Waals surface area contributed by atoms with E-state index in [1.165, 1.54) is 6.20 Å². The third kappa shape index (κ3) is 7.24. The number of H-pyrrole nitrogens is 2. The molecule has 8 heterocycles. The van der Waals surface area contributed by atoms with E-state index < -0.39 is 5.97 Å². The molecule has 0 atom stereocenters. The van der Waals surface area contributed by atoms with Gasteiger partial charge in [-0.25, -0.2) is 28.5 Å².